The average Bonchev–Trinajstić information content (AvgIpc) is 2.29. The average molecular weight is 215 g/mol. The van der Waals surface area contributed by atoms with E-state index in [0.717, 1.165) is 0 Å². The van der Waals surface area contributed by atoms with Crippen molar-refractivity contribution >= 4 is 22.9 Å². The van der Waals surface area contributed by atoms with Gasteiger partial charge >= 0.3 is 5.63 Å². The van der Waals surface area contributed by atoms with E-state index in [1.54, 1.807) is 24.3 Å². The van der Waals surface area contributed by atoms with Gasteiger partial charge in [-0.1, -0.05) is 23.3 Å². The van der Waals surface area contributed by atoms with E-state index in [2.05, 4.69) is 10.0 Å². The lowest BCUT2D eigenvalue weighted by atomic mass is 10.1. The number of benzene rings is 1. The van der Waals surface area contributed by atoms with Gasteiger partial charge in [-0.15, -0.1) is 0 Å². The zero-order valence-corrected chi connectivity index (χ0v) is 7.95. The molecule has 2 rings (SSSR count). The molecule has 0 spiro atoms. The fourth-order valence-electron chi connectivity index (χ4n) is 1.40. The zero-order valence-electron chi connectivity index (χ0n) is 7.95. The van der Waals surface area contributed by atoms with Crippen LogP contribution in [0.3, 0.4) is 0 Å². The maximum absolute atomic E-state index is 11.4. The number of rotatable bonds is 2. The summed E-state index contributed by atoms with van der Waals surface area (Å²) in [5, 5.41) is 3.79. The van der Waals surface area contributed by atoms with E-state index >= 15 is 0 Å². The van der Waals surface area contributed by atoms with Crippen LogP contribution in [-0.2, 0) is 0 Å². The minimum Gasteiger partial charge on any atom is -0.422 e. The number of azide groups is 1. The molecule has 0 aliphatic rings. The van der Waals surface area contributed by atoms with E-state index in [9.17, 15) is 9.59 Å². The summed E-state index contributed by atoms with van der Waals surface area (Å²) in [6.07, 6.45) is 0.322. The summed E-state index contributed by atoms with van der Waals surface area (Å²) in [5.74, 6) is 0. The fraction of sp³-hybridized carbons (Fsp3) is 0. The Hall–Kier alpha value is -2.59. The Kier molecular flexibility index (Phi) is 2.41. The molecule has 1 heterocycles. The van der Waals surface area contributed by atoms with Crippen LogP contribution in [0, 0.1) is 0 Å². The predicted molar refractivity (Wildman–Crippen MR) is 56.7 cm³/mol. The van der Waals surface area contributed by atoms with Crippen LogP contribution in [0.25, 0.3) is 21.4 Å². The Labute approximate surface area is 88.7 Å². The van der Waals surface area contributed by atoms with E-state index in [1.807, 2.05) is 0 Å². The topological polar surface area (TPSA) is 96.0 Å². The molecule has 0 fully saturated rings. The standard InChI is InChI=1S/C10H5N3O3/c11-13-12-9-6-3-1-2-4-8(6)16-10(15)7(9)5-14/h1-5H. The molecular weight excluding hydrogens is 210 g/mol. The molecule has 0 unspecified atom stereocenters. The van der Waals surface area contributed by atoms with Crippen molar-refractivity contribution in [2.45, 2.75) is 0 Å². The van der Waals surface area contributed by atoms with Gasteiger partial charge < -0.3 is 4.42 Å². The van der Waals surface area contributed by atoms with Gasteiger partial charge in [0.15, 0.2) is 6.29 Å². The third kappa shape index (κ3) is 1.43. The van der Waals surface area contributed by atoms with Crippen LogP contribution >= 0.6 is 0 Å². The van der Waals surface area contributed by atoms with Crippen LogP contribution in [0.4, 0.5) is 5.69 Å². The lowest BCUT2D eigenvalue weighted by molar-refractivity contribution is 0.112. The van der Waals surface area contributed by atoms with E-state index in [1.165, 1.54) is 0 Å². The summed E-state index contributed by atoms with van der Waals surface area (Å²) >= 11 is 0. The van der Waals surface area contributed by atoms with Gasteiger partial charge in [-0.2, -0.15) is 0 Å². The highest BCUT2D eigenvalue weighted by Gasteiger charge is 2.11. The predicted octanol–water partition coefficient (Wildman–Crippen LogP) is 2.55. The molecule has 0 bridgehead atoms. The van der Waals surface area contributed by atoms with Gasteiger partial charge in [0, 0.05) is 10.3 Å². The van der Waals surface area contributed by atoms with Gasteiger partial charge in [0.2, 0.25) is 0 Å². The number of para-hydroxylation sites is 1. The smallest absolute Gasteiger partial charge is 0.347 e. The number of carbonyl (C=O) groups is 1. The van der Waals surface area contributed by atoms with Gasteiger partial charge in [0.1, 0.15) is 11.1 Å². The summed E-state index contributed by atoms with van der Waals surface area (Å²) in [4.78, 5) is 24.7. The first-order valence-corrected chi connectivity index (χ1v) is 4.34. The molecule has 2 aromatic rings. The van der Waals surface area contributed by atoms with E-state index in [-0.39, 0.29) is 16.8 Å². The molecule has 0 amide bonds. The first-order valence-electron chi connectivity index (χ1n) is 4.34. The zero-order chi connectivity index (χ0) is 11.5. The maximum Gasteiger partial charge on any atom is 0.347 e. The molecule has 0 aliphatic carbocycles. The number of carbonyl (C=O) groups excluding carboxylic acids is 1. The van der Waals surface area contributed by atoms with Crippen molar-refractivity contribution < 1.29 is 9.21 Å². The number of nitrogens with zero attached hydrogens (tertiary/aromatic N) is 3. The molecule has 1 aromatic carbocycles. The number of fused-ring (bicyclic) bond motifs is 1. The highest BCUT2D eigenvalue weighted by molar-refractivity contribution is 5.97. The van der Waals surface area contributed by atoms with E-state index < -0.39 is 5.63 Å². The molecule has 0 radical (unpaired) electrons. The Balaban J connectivity index is 3.04. The molecule has 6 nitrogen and oxygen atoms in total. The first-order chi connectivity index (χ1) is 7.77. The Morgan fingerprint density at radius 2 is 2.12 bits per heavy atom. The molecule has 0 atom stereocenters. The van der Waals surface area contributed by atoms with E-state index in [4.69, 9.17) is 9.95 Å². The van der Waals surface area contributed by atoms with Crippen LogP contribution in [-0.4, -0.2) is 6.29 Å². The molecule has 16 heavy (non-hydrogen) atoms. The van der Waals surface area contributed by atoms with Crippen molar-refractivity contribution in [2.24, 2.45) is 5.11 Å². The van der Waals surface area contributed by atoms with Crippen LogP contribution in [0.1, 0.15) is 10.4 Å². The molecule has 0 N–H and O–H groups in total. The van der Waals surface area contributed by atoms with Gasteiger partial charge in [0.05, 0.1) is 5.69 Å². The molecule has 78 valence electrons. The SMILES string of the molecule is [N-]=[N+]=Nc1c(C=O)c(=O)oc2ccccc12. The number of aldehydes is 1. The molecule has 0 aliphatic heterocycles. The van der Waals surface area contributed by atoms with Crippen molar-refractivity contribution in [3.8, 4) is 0 Å². The first kappa shape index (κ1) is 9.95. The van der Waals surface area contributed by atoms with Crippen LogP contribution in [0.5, 0.6) is 0 Å². The Morgan fingerprint density at radius 1 is 1.38 bits per heavy atom. The summed E-state index contributed by atoms with van der Waals surface area (Å²) in [6.45, 7) is 0. The Morgan fingerprint density at radius 3 is 2.81 bits per heavy atom. The highest BCUT2D eigenvalue weighted by atomic mass is 16.4. The van der Waals surface area contributed by atoms with Gasteiger partial charge in [-0.3, -0.25) is 4.79 Å². The summed E-state index contributed by atoms with van der Waals surface area (Å²) in [6, 6.07) is 6.52. The molecular formula is C10H5N3O3. The fourth-order valence-corrected chi connectivity index (χ4v) is 1.40. The largest absolute Gasteiger partial charge is 0.422 e. The summed E-state index contributed by atoms with van der Waals surface area (Å²) < 4.78 is 4.90. The van der Waals surface area contributed by atoms with Crippen LogP contribution in [0.2, 0.25) is 0 Å². The van der Waals surface area contributed by atoms with Crippen molar-refractivity contribution in [1.82, 2.24) is 0 Å². The third-order valence-electron chi connectivity index (χ3n) is 2.08. The van der Waals surface area contributed by atoms with Crippen LogP contribution in [0.15, 0.2) is 38.6 Å². The number of hydrogen-bond acceptors (Lipinski definition) is 4. The highest BCUT2D eigenvalue weighted by Crippen LogP contribution is 2.26. The third-order valence-corrected chi connectivity index (χ3v) is 2.08. The van der Waals surface area contributed by atoms with Gasteiger partial charge in [-0.25, -0.2) is 4.79 Å². The van der Waals surface area contributed by atoms with Crippen molar-refractivity contribution in [2.75, 3.05) is 0 Å². The lowest BCUT2D eigenvalue weighted by Crippen LogP contribution is -2.06. The van der Waals surface area contributed by atoms with Crippen molar-refractivity contribution in [1.29, 1.82) is 0 Å². The molecule has 0 saturated carbocycles. The van der Waals surface area contributed by atoms with E-state index in [0.29, 0.717) is 11.7 Å². The van der Waals surface area contributed by atoms with Crippen LogP contribution < -0.4 is 5.63 Å². The van der Waals surface area contributed by atoms with Gasteiger partial charge in [-0.05, 0) is 11.6 Å². The second kappa shape index (κ2) is 3.88. The lowest BCUT2D eigenvalue weighted by Gasteiger charge is -2.01. The quantitative estimate of drug-likeness (QED) is 0.253. The maximum atomic E-state index is 11.4. The minimum atomic E-state index is -0.809. The monoisotopic (exact) mass is 215 g/mol. The normalized spacial score (nSPS) is 9.75. The van der Waals surface area contributed by atoms with Gasteiger partial charge in [0.25, 0.3) is 0 Å². The number of hydrogen-bond donors (Lipinski definition) is 0. The second-order valence-corrected chi connectivity index (χ2v) is 2.96. The molecule has 1 aromatic heterocycles. The summed E-state index contributed by atoms with van der Waals surface area (Å²) in [7, 11) is 0. The van der Waals surface area contributed by atoms with Crippen molar-refractivity contribution in [3.05, 3.63) is 50.7 Å². The van der Waals surface area contributed by atoms with Crippen molar-refractivity contribution in [3.63, 3.8) is 0 Å². The molecule has 6 heteroatoms. The summed E-state index contributed by atoms with van der Waals surface area (Å²) in [5.41, 5.74) is 7.61. The second-order valence-electron chi connectivity index (χ2n) is 2.96. The minimum absolute atomic E-state index is 0.00403. The Bertz CT molecular complexity index is 669. The molecule has 0 saturated heterocycles.